The summed E-state index contributed by atoms with van der Waals surface area (Å²) in [5.74, 6) is -2.32. The molecule has 4 aromatic rings. The summed E-state index contributed by atoms with van der Waals surface area (Å²) >= 11 is 5.86. The van der Waals surface area contributed by atoms with E-state index < -0.39 is 23.7 Å². The fraction of sp³-hybridized carbons (Fsp3) is 0.0741. The molecule has 0 fully saturated rings. The largest absolute Gasteiger partial charge is 0.480 e. The normalized spacial score (nSPS) is 11.6. The maximum absolute atomic E-state index is 13.5. The number of hydrogen-bond donors (Lipinski definition) is 2. The number of carbonyl (C=O) groups excluding carboxylic acids is 1. The topological polar surface area (TPSA) is 79.3 Å². The summed E-state index contributed by atoms with van der Waals surface area (Å²) in [6.07, 6.45) is 1.54. The lowest BCUT2D eigenvalue weighted by atomic mass is 10.0. The van der Waals surface area contributed by atoms with E-state index in [1.54, 1.807) is 6.07 Å². The number of pyridine rings is 1. The zero-order valence-electron chi connectivity index (χ0n) is 17.9. The van der Waals surface area contributed by atoms with Gasteiger partial charge in [0.05, 0.1) is 5.02 Å². The Balaban J connectivity index is 1.48. The Morgan fingerprint density at radius 3 is 2.21 bits per heavy atom. The molecule has 1 heterocycles. The zero-order valence-corrected chi connectivity index (χ0v) is 18.7. The van der Waals surface area contributed by atoms with E-state index in [1.165, 1.54) is 30.5 Å². The molecular formula is C27H20ClFN2O3. The van der Waals surface area contributed by atoms with Gasteiger partial charge in [-0.05, 0) is 52.1 Å². The van der Waals surface area contributed by atoms with Crippen LogP contribution in [0.4, 0.5) is 4.39 Å². The van der Waals surface area contributed by atoms with Crippen LogP contribution in [-0.4, -0.2) is 28.0 Å². The van der Waals surface area contributed by atoms with Gasteiger partial charge in [0.15, 0.2) is 0 Å². The highest BCUT2D eigenvalue weighted by atomic mass is 35.5. The van der Waals surface area contributed by atoms with Gasteiger partial charge >= 0.3 is 5.97 Å². The molecule has 0 saturated carbocycles. The van der Waals surface area contributed by atoms with Gasteiger partial charge in [0.1, 0.15) is 17.6 Å². The molecule has 0 saturated heterocycles. The third-order valence-corrected chi connectivity index (χ3v) is 5.64. The number of carboxylic acids is 1. The van der Waals surface area contributed by atoms with Gasteiger partial charge in [0, 0.05) is 12.6 Å². The fourth-order valence-corrected chi connectivity index (χ4v) is 3.72. The number of aromatic nitrogens is 1. The van der Waals surface area contributed by atoms with E-state index in [0.717, 1.165) is 16.7 Å². The summed E-state index contributed by atoms with van der Waals surface area (Å²) in [6.45, 7) is 0. The van der Waals surface area contributed by atoms with E-state index in [9.17, 15) is 19.1 Å². The number of aliphatic carboxylic acids is 1. The minimum Gasteiger partial charge on any atom is -0.480 e. The minimum absolute atomic E-state index is 0.0375. The average Bonchev–Trinajstić information content (AvgIpc) is 2.86. The first-order valence-corrected chi connectivity index (χ1v) is 10.9. The molecule has 7 heteroatoms. The van der Waals surface area contributed by atoms with Crippen molar-refractivity contribution < 1.29 is 19.1 Å². The van der Waals surface area contributed by atoms with Gasteiger partial charge in [-0.25, -0.2) is 9.18 Å². The molecule has 1 aromatic heterocycles. The molecule has 0 bridgehead atoms. The Bertz CT molecular complexity index is 1330. The monoisotopic (exact) mass is 474 g/mol. The third-order valence-electron chi connectivity index (χ3n) is 5.35. The van der Waals surface area contributed by atoms with Crippen LogP contribution in [0.3, 0.4) is 0 Å². The minimum atomic E-state index is -1.15. The summed E-state index contributed by atoms with van der Waals surface area (Å²) < 4.78 is 13.5. The zero-order chi connectivity index (χ0) is 24.1. The van der Waals surface area contributed by atoms with Crippen LogP contribution in [-0.2, 0) is 11.2 Å². The van der Waals surface area contributed by atoms with E-state index in [1.807, 2.05) is 54.6 Å². The number of nitrogens with one attached hydrogen (secondary N) is 1. The predicted octanol–water partition coefficient (Wildman–Crippen LogP) is 5.63. The van der Waals surface area contributed by atoms with E-state index >= 15 is 0 Å². The molecule has 170 valence electrons. The molecule has 1 amide bonds. The SMILES string of the molecule is O=C(N[C@@H](Cc1ccc(-c2ccccc2)cc1)C(=O)O)c1cc(-c2ccc(F)c(Cl)c2)ccn1. The molecule has 34 heavy (non-hydrogen) atoms. The Kier molecular flexibility index (Phi) is 6.99. The highest BCUT2D eigenvalue weighted by Crippen LogP contribution is 2.25. The lowest BCUT2D eigenvalue weighted by Gasteiger charge is -2.15. The lowest BCUT2D eigenvalue weighted by Crippen LogP contribution is -2.42. The summed E-state index contributed by atoms with van der Waals surface area (Å²) in [6, 6.07) is 23.6. The van der Waals surface area contributed by atoms with Crippen LogP contribution >= 0.6 is 11.6 Å². The number of halogens is 2. The summed E-state index contributed by atoms with van der Waals surface area (Å²) in [4.78, 5) is 28.7. The Morgan fingerprint density at radius 1 is 0.882 bits per heavy atom. The molecule has 2 N–H and O–H groups in total. The van der Waals surface area contributed by atoms with Crippen molar-refractivity contribution in [3.8, 4) is 22.3 Å². The first kappa shape index (κ1) is 23.1. The van der Waals surface area contributed by atoms with Gasteiger partial charge in [-0.3, -0.25) is 9.78 Å². The molecule has 0 radical (unpaired) electrons. The average molecular weight is 475 g/mol. The van der Waals surface area contributed by atoms with E-state index in [-0.39, 0.29) is 17.1 Å². The van der Waals surface area contributed by atoms with Crippen molar-refractivity contribution in [1.29, 1.82) is 0 Å². The van der Waals surface area contributed by atoms with Crippen LogP contribution in [0.15, 0.2) is 91.1 Å². The Hall–Kier alpha value is -4.03. The number of hydrogen-bond acceptors (Lipinski definition) is 3. The van der Waals surface area contributed by atoms with Gasteiger partial charge in [-0.15, -0.1) is 0 Å². The fourth-order valence-electron chi connectivity index (χ4n) is 3.54. The van der Waals surface area contributed by atoms with Gasteiger partial charge in [-0.2, -0.15) is 0 Å². The summed E-state index contributed by atoms with van der Waals surface area (Å²) in [5.41, 5.74) is 4.10. The van der Waals surface area contributed by atoms with Crippen molar-refractivity contribution in [2.24, 2.45) is 0 Å². The van der Waals surface area contributed by atoms with Gasteiger partial charge in [0.25, 0.3) is 5.91 Å². The predicted molar refractivity (Wildman–Crippen MR) is 129 cm³/mol. The van der Waals surface area contributed by atoms with E-state index in [4.69, 9.17) is 11.6 Å². The maximum atomic E-state index is 13.5. The molecule has 1 atom stereocenters. The standard InChI is InChI=1S/C27H20ClFN2O3/c28-22-15-20(10-11-23(22)29)21-12-13-30-24(16-21)26(32)31-25(27(33)34)14-17-6-8-19(9-7-17)18-4-2-1-3-5-18/h1-13,15-16,25H,14H2,(H,31,32)(H,33,34)/t25-/m0/s1. The molecule has 3 aromatic carbocycles. The van der Waals surface area contributed by atoms with Gasteiger partial charge < -0.3 is 10.4 Å². The van der Waals surface area contributed by atoms with Crippen LogP contribution < -0.4 is 5.32 Å². The molecule has 0 aliphatic carbocycles. The number of amides is 1. The number of benzene rings is 3. The van der Waals surface area contributed by atoms with Crippen molar-refractivity contribution in [3.63, 3.8) is 0 Å². The summed E-state index contributed by atoms with van der Waals surface area (Å²) in [5, 5.41) is 12.2. The molecule has 0 unspecified atom stereocenters. The molecule has 5 nitrogen and oxygen atoms in total. The van der Waals surface area contributed by atoms with E-state index in [2.05, 4.69) is 10.3 Å². The molecule has 0 aliphatic rings. The van der Waals surface area contributed by atoms with Crippen molar-refractivity contribution >= 4 is 23.5 Å². The van der Waals surface area contributed by atoms with E-state index in [0.29, 0.717) is 11.1 Å². The van der Waals surface area contributed by atoms with Crippen LogP contribution in [0, 0.1) is 5.82 Å². The first-order valence-electron chi connectivity index (χ1n) is 10.5. The van der Waals surface area contributed by atoms with Gasteiger partial charge in [0.2, 0.25) is 0 Å². The van der Waals surface area contributed by atoms with Crippen LogP contribution in [0.2, 0.25) is 5.02 Å². The van der Waals surface area contributed by atoms with Crippen molar-refractivity contribution in [3.05, 3.63) is 113 Å². The Morgan fingerprint density at radius 2 is 1.53 bits per heavy atom. The quantitative estimate of drug-likeness (QED) is 0.363. The van der Waals surface area contributed by atoms with Crippen LogP contribution in [0.5, 0.6) is 0 Å². The van der Waals surface area contributed by atoms with Crippen LogP contribution in [0.1, 0.15) is 16.1 Å². The van der Waals surface area contributed by atoms with Crippen LogP contribution in [0.25, 0.3) is 22.3 Å². The first-order chi connectivity index (χ1) is 16.4. The number of carboxylic acid groups (broad SMARTS) is 1. The molecule has 4 rings (SSSR count). The second-order valence-electron chi connectivity index (χ2n) is 7.69. The Labute approximate surface area is 200 Å². The summed E-state index contributed by atoms with van der Waals surface area (Å²) in [7, 11) is 0. The second-order valence-corrected chi connectivity index (χ2v) is 8.10. The molecular weight excluding hydrogens is 455 g/mol. The number of nitrogens with zero attached hydrogens (tertiary/aromatic N) is 1. The highest BCUT2D eigenvalue weighted by Gasteiger charge is 2.22. The van der Waals surface area contributed by atoms with Crippen molar-refractivity contribution in [2.75, 3.05) is 0 Å². The second kappa shape index (κ2) is 10.3. The molecule has 0 aliphatic heterocycles. The number of rotatable bonds is 7. The smallest absolute Gasteiger partial charge is 0.326 e. The maximum Gasteiger partial charge on any atom is 0.326 e. The lowest BCUT2D eigenvalue weighted by molar-refractivity contribution is -0.139. The number of carbonyl (C=O) groups is 2. The van der Waals surface area contributed by atoms with Crippen molar-refractivity contribution in [1.82, 2.24) is 10.3 Å². The third kappa shape index (κ3) is 5.47. The highest BCUT2D eigenvalue weighted by molar-refractivity contribution is 6.31. The molecule has 0 spiro atoms. The van der Waals surface area contributed by atoms with Crippen molar-refractivity contribution in [2.45, 2.75) is 12.5 Å². The van der Waals surface area contributed by atoms with Gasteiger partial charge in [-0.1, -0.05) is 72.3 Å².